The van der Waals surface area contributed by atoms with Gasteiger partial charge in [-0.05, 0) is 29.8 Å². The molecule has 0 aromatic heterocycles. The zero-order valence-corrected chi connectivity index (χ0v) is 11.7. The number of sulfone groups is 1. The van der Waals surface area contributed by atoms with Gasteiger partial charge in [0.2, 0.25) is 0 Å². The van der Waals surface area contributed by atoms with Crippen molar-refractivity contribution in [3.63, 3.8) is 0 Å². The number of hydrogen-bond donors (Lipinski definition) is 1. The van der Waals surface area contributed by atoms with E-state index < -0.39 is 15.7 Å². The van der Waals surface area contributed by atoms with Crippen molar-refractivity contribution in [3.05, 3.63) is 53.8 Å². The molecule has 0 heterocycles. The first-order chi connectivity index (χ1) is 9.44. The summed E-state index contributed by atoms with van der Waals surface area (Å²) in [5, 5.41) is 0. The lowest BCUT2D eigenvalue weighted by atomic mass is 10.2. The lowest BCUT2D eigenvalue weighted by Crippen LogP contribution is -2.07. The maximum absolute atomic E-state index is 13.6. The lowest BCUT2D eigenvalue weighted by molar-refractivity contribution is 0.417. The number of anilines is 1. The van der Waals surface area contributed by atoms with Gasteiger partial charge in [-0.25, -0.2) is 12.8 Å². The van der Waals surface area contributed by atoms with Crippen LogP contribution in [0.1, 0.15) is 5.56 Å². The number of methoxy groups -OCH3 is 1. The van der Waals surface area contributed by atoms with E-state index in [1.807, 2.05) is 0 Å². The van der Waals surface area contributed by atoms with Gasteiger partial charge >= 0.3 is 0 Å². The van der Waals surface area contributed by atoms with E-state index >= 15 is 0 Å². The van der Waals surface area contributed by atoms with Crippen LogP contribution in [-0.4, -0.2) is 15.5 Å². The molecule has 0 fully saturated rings. The Balaban J connectivity index is 2.34. The minimum Gasteiger partial charge on any atom is -0.495 e. The van der Waals surface area contributed by atoms with E-state index in [9.17, 15) is 12.8 Å². The summed E-state index contributed by atoms with van der Waals surface area (Å²) < 4.78 is 42.9. The van der Waals surface area contributed by atoms with Crippen LogP contribution in [0.5, 0.6) is 5.75 Å². The maximum atomic E-state index is 13.6. The van der Waals surface area contributed by atoms with Crippen molar-refractivity contribution in [2.24, 2.45) is 0 Å². The molecule has 6 heteroatoms. The number of ether oxygens (including phenoxy) is 1. The Bertz CT molecular complexity index is 729. The van der Waals surface area contributed by atoms with Gasteiger partial charge in [-0.15, -0.1) is 0 Å². The van der Waals surface area contributed by atoms with Gasteiger partial charge in [0.15, 0.2) is 9.84 Å². The third-order valence-electron chi connectivity index (χ3n) is 2.82. The SMILES string of the molecule is COc1ccc(CS(=O)(=O)c2ccccc2F)cc1N. The molecule has 0 saturated carbocycles. The number of nitrogen functional groups attached to an aromatic ring is 1. The molecule has 0 spiro atoms. The van der Waals surface area contributed by atoms with E-state index in [-0.39, 0.29) is 10.6 Å². The monoisotopic (exact) mass is 295 g/mol. The summed E-state index contributed by atoms with van der Waals surface area (Å²) >= 11 is 0. The fourth-order valence-corrected chi connectivity index (χ4v) is 3.29. The zero-order valence-electron chi connectivity index (χ0n) is 10.8. The fourth-order valence-electron chi connectivity index (χ4n) is 1.87. The number of rotatable bonds is 4. The molecule has 2 rings (SSSR count). The van der Waals surface area contributed by atoms with Crippen LogP contribution < -0.4 is 10.5 Å². The molecule has 2 aromatic rings. The summed E-state index contributed by atoms with van der Waals surface area (Å²) in [7, 11) is -2.28. The Morgan fingerprint density at radius 2 is 1.90 bits per heavy atom. The van der Waals surface area contributed by atoms with Crippen molar-refractivity contribution in [3.8, 4) is 5.75 Å². The molecule has 0 unspecified atom stereocenters. The molecule has 4 nitrogen and oxygen atoms in total. The Morgan fingerprint density at radius 1 is 1.20 bits per heavy atom. The van der Waals surface area contributed by atoms with Crippen molar-refractivity contribution in [1.29, 1.82) is 0 Å². The lowest BCUT2D eigenvalue weighted by Gasteiger charge is -2.08. The van der Waals surface area contributed by atoms with Gasteiger partial charge in [0, 0.05) is 0 Å². The molecule has 106 valence electrons. The predicted octanol–water partition coefficient (Wildman–Crippen LogP) is 2.39. The minimum atomic E-state index is -3.75. The van der Waals surface area contributed by atoms with Crippen LogP contribution in [0.25, 0.3) is 0 Å². The summed E-state index contributed by atoms with van der Waals surface area (Å²) in [5.41, 5.74) is 6.55. The van der Waals surface area contributed by atoms with Crippen molar-refractivity contribution < 1.29 is 17.5 Å². The van der Waals surface area contributed by atoms with Crippen LogP contribution in [-0.2, 0) is 15.6 Å². The molecule has 0 atom stereocenters. The number of nitrogens with two attached hydrogens (primary N) is 1. The molecule has 0 aliphatic carbocycles. The molecule has 0 bridgehead atoms. The van der Waals surface area contributed by atoms with E-state index in [4.69, 9.17) is 10.5 Å². The highest BCUT2D eigenvalue weighted by molar-refractivity contribution is 7.90. The van der Waals surface area contributed by atoms with E-state index in [1.165, 1.54) is 31.4 Å². The third kappa shape index (κ3) is 2.91. The Labute approximate surface area is 116 Å². The molecule has 0 amide bonds. The van der Waals surface area contributed by atoms with Gasteiger partial charge in [0.25, 0.3) is 0 Å². The molecular weight excluding hydrogens is 281 g/mol. The molecule has 2 aromatic carbocycles. The first kappa shape index (κ1) is 14.3. The van der Waals surface area contributed by atoms with Crippen LogP contribution in [0.15, 0.2) is 47.4 Å². The van der Waals surface area contributed by atoms with Crippen molar-refractivity contribution >= 4 is 15.5 Å². The van der Waals surface area contributed by atoms with Gasteiger partial charge in [0.05, 0.1) is 18.6 Å². The summed E-state index contributed by atoms with van der Waals surface area (Å²) in [6, 6.07) is 9.98. The van der Waals surface area contributed by atoms with E-state index in [1.54, 1.807) is 12.1 Å². The van der Waals surface area contributed by atoms with Gasteiger partial charge in [-0.1, -0.05) is 18.2 Å². The van der Waals surface area contributed by atoms with E-state index in [2.05, 4.69) is 0 Å². The van der Waals surface area contributed by atoms with Gasteiger partial charge in [-0.2, -0.15) is 0 Å². The van der Waals surface area contributed by atoms with Gasteiger partial charge in [0.1, 0.15) is 16.5 Å². The number of hydrogen-bond acceptors (Lipinski definition) is 4. The molecule has 0 radical (unpaired) electrons. The number of benzene rings is 2. The quantitative estimate of drug-likeness (QED) is 0.879. The highest BCUT2D eigenvalue weighted by atomic mass is 32.2. The topological polar surface area (TPSA) is 69.4 Å². The number of halogens is 1. The third-order valence-corrected chi connectivity index (χ3v) is 4.54. The van der Waals surface area contributed by atoms with Crippen LogP contribution in [0.3, 0.4) is 0 Å². The molecular formula is C14H14FNO3S. The van der Waals surface area contributed by atoms with Crippen LogP contribution in [0, 0.1) is 5.82 Å². The summed E-state index contributed by atoms with van der Waals surface area (Å²) in [6.45, 7) is 0. The van der Waals surface area contributed by atoms with Crippen LogP contribution >= 0.6 is 0 Å². The van der Waals surface area contributed by atoms with Crippen LogP contribution in [0.4, 0.5) is 10.1 Å². The molecule has 20 heavy (non-hydrogen) atoms. The summed E-state index contributed by atoms with van der Waals surface area (Å²) in [4.78, 5) is -0.311. The zero-order chi connectivity index (χ0) is 14.8. The molecule has 2 N–H and O–H groups in total. The molecule has 0 aliphatic rings. The Morgan fingerprint density at radius 3 is 2.50 bits per heavy atom. The van der Waals surface area contributed by atoms with Crippen LogP contribution in [0.2, 0.25) is 0 Å². The normalized spacial score (nSPS) is 11.3. The Kier molecular flexibility index (Phi) is 3.94. The van der Waals surface area contributed by atoms with E-state index in [0.29, 0.717) is 17.0 Å². The first-order valence-corrected chi connectivity index (χ1v) is 7.49. The van der Waals surface area contributed by atoms with Crippen molar-refractivity contribution in [2.75, 3.05) is 12.8 Å². The first-order valence-electron chi connectivity index (χ1n) is 5.84. The predicted molar refractivity (Wildman–Crippen MR) is 74.7 cm³/mol. The molecule has 0 aliphatic heterocycles. The maximum Gasteiger partial charge on any atom is 0.185 e. The second-order valence-electron chi connectivity index (χ2n) is 4.27. The van der Waals surface area contributed by atoms with Crippen molar-refractivity contribution in [1.82, 2.24) is 0 Å². The average molecular weight is 295 g/mol. The second-order valence-corrected chi connectivity index (χ2v) is 6.22. The average Bonchev–Trinajstić information content (AvgIpc) is 2.38. The Hall–Kier alpha value is -2.08. The smallest absolute Gasteiger partial charge is 0.185 e. The highest BCUT2D eigenvalue weighted by Gasteiger charge is 2.19. The largest absolute Gasteiger partial charge is 0.495 e. The molecule has 0 saturated heterocycles. The van der Waals surface area contributed by atoms with Gasteiger partial charge in [-0.3, -0.25) is 0 Å². The second kappa shape index (κ2) is 5.50. The summed E-state index contributed by atoms with van der Waals surface area (Å²) in [5.74, 6) is -0.603. The highest BCUT2D eigenvalue weighted by Crippen LogP contribution is 2.25. The standard InChI is InChI=1S/C14H14FNO3S/c1-19-13-7-6-10(8-12(13)16)9-20(17,18)14-5-3-2-4-11(14)15/h2-8H,9,16H2,1H3. The fraction of sp³-hybridized carbons (Fsp3) is 0.143. The van der Waals surface area contributed by atoms with E-state index in [0.717, 1.165) is 6.07 Å². The summed E-state index contributed by atoms with van der Waals surface area (Å²) in [6.07, 6.45) is 0. The van der Waals surface area contributed by atoms with Crippen molar-refractivity contribution in [2.45, 2.75) is 10.6 Å². The van der Waals surface area contributed by atoms with Gasteiger partial charge < -0.3 is 10.5 Å². The minimum absolute atomic E-state index is 0.311.